The van der Waals surface area contributed by atoms with E-state index in [1.54, 1.807) is 12.1 Å². The molecule has 8 nitrogen and oxygen atoms in total. The number of carbonyl (C=O) groups is 2. The van der Waals surface area contributed by atoms with Gasteiger partial charge in [-0.3, -0.25) is 13.8 Å². The fourth-order valence-electron chi connectivity index (χ4n) is 2.95. The van der Waals surface area contributed by atoms with Crippen LogP contribution in [0, 0.1) is 6.92 Å². The van der Waals surface area contributed by atoms with Gasteiger partial charge in [0.2, 0.25) is 6.29 Å². The van der Waals surface area contributed by atoms with E-state index >= 15 is 0 Å². The first-order valence-corrected chi connectivity index (χ1v) is 10.8. The Kier molecular flexibility index (Phi) is 5.53. The lowest BCUT2D eigenvalue weighted by Crippen LogP contribution is -2.55. The minimum Gasteiger partial charge on any atom is -0.453 e. The molecule has 2 aliphatic heterocycles. The average Bonchev–Trinajstić information content (AvgIpc) is 2.80. The van der Waals surface area contributed by atoms with Crippen molar-refractivity contribution in [3.05, 3.63) is 29.8 Å². The SMILES string of the molecule is CC(=O)OC1OC2(CSC2)[C@H](OS(=O)(=O)c2ccc(C)cc2)[C@H]1OC(C)=O. The first kappa shape index (κ1) is 20.1. The number of ether oxygens (including phenoxy) is 3. The molecule has 0 N–H and O–H groups in total. The van der Waals surface area contributed by atoms with Crippen LogP contribution in [0.3, 0.4) is 0 Å². The molecule has 1 aromatic rings. The number of aryl methyl sites for hydroxylation is 1. The second-order valence-corrected chi connectivity index (χ2v) is 9.07. The van der Waals surface area contributed by atoms with Crippen LogP contribution in [0.4, 0.5) is 0 Å². The monoisotopic (exact) mass is 416 g/mol. The van der Waals surface area contributed by atoms with Crippen LogP contribution in [-0.4, -0.2) is 56.0 Å². The van der Waals surface area contributed by atoms with E-state index in [4.69, 9.17) is 18.4 Å². The van der Waals surface area contributed by atoms with Crippen molar-refractivity contribution in [3.63, 3.8) is 0 Å². The Morgan fingerprint density at radius 2 is 1.70 bits per heavy atom. The number of rotatable bonds is 5. The van der Waals surface area contributed by atoms with Crippen LogP contribution >= 0.6 is 11.8 Å². The molecule has 1 spiro atoms. The number of esters is 2. The fraction of sp³-hybridized carbons (Fsp3) is 0.529. The first-order valence-electron chi connectivity index (χ1n) is 8.23. The van der Waals surface area contributed by atoms with Crippen molar-refractivity contribution in [1.82, 2.24) is 0 Å². The Labute approximate surface area is 161 Å². The summed E-state index contributed by atoms with van der Waals surface area (Å²) >= 11 is 1.52. The first-order chi connectivity index (χ1) is 12.6. The summed E-state index contributed by atoms with van der Waals surface area (Å²) in [5, 5.41) is 0. The summed E-state index contributed by atoms with van der Waals surface area (Å²) in [5.41, 5.74) is -0.111. The fourth-order valence-corrected chi connectivity index (χ4v) is 5.16. The summed E-state index contributed by atoms with van der Waals surface area (Å²) in [6, 6.07) is 6.18. The van der Waals surface area contributed by atoms with Gasteiger partial charge in [0.1, 0.15) is 5.60 Å². The third-order valence-corrected chi connectivity index (χ3v) is 6.95. The van der Waals surface area contributed by atoms with E-state index in [2.05, 4.69) is 0 Å². The normalized spacial score (nSPS) is 26.4. The zero-order valence-corrected chi connectivity index (χ0v) is 16.7. The van der Waals surface area contributed by atoms with Crippen molar-refractivity contribution < 1.29 is 36.4 Å². The van der Waals surface area contributed by atoms with E-state index in [-0.39, 0.29) is 4.90 Å². The third kappa shape index (κ3) is 4.13. The molecule has 2 saturated heterocycles. The van der Waals surface area contributed by atoms with Crippen LogP contribution < -0.4 is 0 Å². The highest BCUT2D eigenvalue weighted by Gasteiger charge is 2.63. The lowest BCUT2D eigenvalue weighted by Gasteiger charge is -2.40. The predicted molar refractivity (Wildman–Crippen MR) is 95.5 cm³/mol. The van der Waals surface area contributed by atoms with Crippen molar-refractivity contribution in [2.24, 2.45) is 0 Å². The number of carbonyl (C=O) groups excluding carboxylic acids is 2. The summed E-state index contributed by atoms with van der Waals surface area (Å²) in [5.74, 6) is -0.444. The minimum absolute atomic E-state index is 0.0206. The number of hydrogen-bond acceptors (Lipinski definition) is 9. The molecule has 2 aliphatic rings. The van der Waals surface area contributed by atoms with E-state index in [0.29, 0.717) is 11.5 Å². The van der Waals surface area contributed by atoms with Gasteiger partial charge in [-0.1, -0.05) is 17.7 Å². The second kappa shape index (κ2) is 7.42. The molecule has 27 heavy (non-hydrogen) atoms. The van der Waals surface area contributed by atoms with Crippen molar-refractivity contribution in [3.8, 4) is 0 Å². The lowest BCUT2D eigenvalue weighted by atomic mass is 9.99. The zero-order chi connectivity index (χ0) is 19.8. The Morgan fingerprint density at radius 3 is 2.19 bits per heavy atom. The summed E-state index contributed by atoms with van der Waals surface area (Å²) in [4.78, 5) is 22.9. The third-order valence-electron chi connectivity index (χ3n) is 4.25. The van der Waals surface area contributed by atoms with Crippen LogP contribution in [0.5, 0.6) is 0 Å². The van der Waals surface area contributed by atoms with Gasteiger partial charge in [0.05, 0.1) is 4.90 Å². The molecule has 0 bridgehead atoms. The summed E-state index contributed by atoms with van der Waals surface area (Å²) < 4.78 is 47.1. The van der Waals surface area contributed by atoms with Crippen molar-refractivity contribution in [1.29, 1.82) is 0 Å². The standard InChI is InChI=1S/C17H20O8S2/c1-10-4-6-13(7-5-10)27(20,21)25-15-14(22-11(2)18)16(23-12(3)19)24-17(15)8-26-9-17/h4-7,14-16H,8-9H2,1-3H3/t14-,15-,16?/m1/s1. The van der Waals surface area contributed by atoms with Crippen LogP contribution in [-0.2, 0) is 38.1 Å². The Morgan fingerprint density at radius 1 is 1.11 bits per heavy atom. The molecule has 0 amide bonds. The molecular formula is C17H20O8S2. The molecule has 3 atom stereocenters. The maximum atomic E-state index is 12.8. The van der Waals surface area contributed by atoms with Gasteiger partial charge in [-0.25, -0.2) is 0 Å². The molecule has 0 saturated carbocycles. The van der Waals surface area contributed by atoms with Crippen LogP contribution in [0.25, 0.3) is 0 Å². The topological polar surface area (TPSA) is 105 Å². The maximum absolute atomic E-state index is 12.8. The highest BCUT2D eigenvalue weighted by molar-refractivity contribution is 8.00. The Balaban J connectivity index is 1.92. The largest absolute Gasteiger partial charge is 0.453 e. The lowest BCUT2D eigenvalue weighted by molar-refractivity contribution is -0.200. The molecule has 148 valence electrons. The van der Waals surface area contributed by atoms with Gasteiger partial charge in [-0.15, -0.1) is 0 Å². The number of thioether (sulfide) groups is 1. The maximum Gasteiger partial charge on any atom is 0.305 e. The van der Waals surface area contributed by atoms with Crippen molar-refractivity contribution in [2.75, 3.05) is 11.5 Å². The number of benzene rings is 1. The van der Waals surface area contributed by atoms with Gasteiger partial charge in [-0.2, -0.15) is 20.2 Å². The highest BCUT2D eigenvalue weighted by Crippen LogP contribution is 2.47. The predicted octanol–water partition coefficient (Wildman–Crippen LogP) is 1.41. The van der Waals surface area contributed by atoms with Gasteiger partial charge >= 0.3 is 11.9 Å². The van der Waals surface area contributed by atoms with Gasteiger partial charge < -0.3 is 14.2 Å². The summed E-state index contributed by atoms with van der Waals surface area (Å²) in [6.45, 7) is 4.20. The molecule has 0 aliphatic carbocycles. The Bertz CT molecular complexity index is 829. The molecule has 2 fully saturated rings. The van der Waals surface area contributed by atoms with Gasteiger partial charge in [0.25, 0.3) is 10.1 Å². The van der Waals surface area contributed by atoms with E-state index < -0.39 is 46.2 Å². The average molecular weight is 416 g/mol. The van der Waals surface area contributed by atoms with E-state index in [1.807, 2.05) is 6.92 Å². The molecule has 2 heterocycles. The zero-order valence-electron chi connectivity index (χ0n) is 15.0. The van der Waals surface area contributed by atoms with Gasteiger partial charge in [0.15, 0.2) is 12.2 Å². The Hall–Kier alpha value is -1.62. The molecular weight excluding hydrogens is 396 g/mol. The second-order valence-electron chi connectivity index (χ2n) is 6.51. The minimum atomic E-state index is -4.15. The highest BCUT2D eigenvalue weighted by atomic mass is 32.2. The molecule has 3 rings (SSSR count). The van der Waals surface area contributed by atoms with E-state index in [9.17, 15) is 18.0 Å². The van der Waals surface area contributed by atoms with Gasteiger partial charge in [0, 0.05) is 25.4 Å². The summed E-state index contributed by atoms with van der Waals surface area (Å²) in [6.07, 6.45) is -3.55. The van der Waals surface area contributed by atoms with Crippen LogP contribution in [0.15, 0.2) is 29.2 Å². The van der Waals surface area contributed by atoms with Crippen LogP contribution in [0.1, 0.15) is 19.4 Å². The van der Waals surface area contributed by atoms with Crippen molar-refractivity contribution in [2.45, 2.75) is 49.8 Å². The number of hydrogen-bond donors (Lipinski definition) is 0. The van der Waals surface area contributed by atoms with Crippen LogP contribution in [0.2, 0.25) is 0 Å². The smallest absolute Gasteiger partial charge is 0.305 e. The van der Waals surface area contributed by atoms with Crippen molar-refractivity contribution >= 4 is 33.8 Å². The molecule has 10 heteroatoms. The summed E-state index contributed by atoms with van der Waals surface area (Å²) in [7, 11) is -4.15. The quantitative estimate of drug-likeness (QED) is 0.520. The van der Waals surface area contributed by atoms with E-state index in [0.717, 1.165) is 5.56 Å². The molecule has 1 unspecified atom stereocenters. The molecule has 0 radical (unpaired) electrons. The van der Waals surface area contributed by atoms with E-state index in [1.165, 1.54) is 37.7 Å². The molecule has 0 aromatic heterocycles. The van der Waals surface area contributed by atoms with Gasteiger partial charge in [-0.05, 0) is 19.1 Å². The molecule has 1 aromatic carbocycles.